The van der Waals surface area contributed by atoms with Gasteiger partial charge in [0, 0.05) is 17.1 Å². The van der Waals surface area contributed by atoms with Gasteiger partial charge in [-0.3, -0.25) is 0 Å². The topological polar surface area (TPSA) is 79.2 Å². The Morgan fingerprint density at radius 3 is 2.70 bits per heavy atom. The van der Waals surface area contributed by atoms with Crippen LogP contribution in [0.4, 0.5) is 0 Å². The van der Waals surface area contributed by atoms with Crippen molar-refractivity contribution in [2.75, 3.05) is 20.1 Å². The van der Waals surface area contributed by atoms with Gasteiger partial charge in [-0.2, -0.15) is 0 Å². The number of benzene rings is 1. The normalized spacial score (nSPS) is 19.3. The van der Waals surface area contributed by atoms with Crippen molar-refractivity contribution in [3.05, 3.63) is 35.5 Å². The van der Waals surface area contributed by atoms with E-state index < -0.39 is 15.3 Å². The number of sulfonamides is 1. The summed E-state index contributed by atoms with van der Waals surface area (Å²) in [5, 5.41) is 5.90. The molecule has 3 rings (SSSR count). The molecule has 6 heteroatoms. The Balaban J connectivity index is 1.88. The molecule has 5 nitrogen and oxygen atoms in total. The quantitative estimate of drug-likeness (QED) is 0.899. The molecule has 0 aliphatic carbocycles. The highest BCUT2D eigenvalue weighted by Gasteiger charge is 2.22. The van der Waals surface area contributed by atoms with Gasteiger partial charge in [-0.15, -0.1) is 0 Å². The number of piperidine rings is 1. The third-order valence-electron chi connectivity index (χ3n) is 5.02. The number of hydrogen-bond donors (Lipinski definition) is 2. The number of nitrogens with one attached hydrogen (secondary N) is 1. The van der Waals surface area contributed by atoms with Gasteiger partial charge in [-0.25, -0.2) is 13.6 Å². The second-order valence-electron chi connectivity index (χ2n) is 6.81. The minimum atomic E-state index is -3.49. The first-order valence-corrected chi connectivity index (χ1v) is 9.75. The first-order valence-electron chi connectivity index (χ1n) is 8.14. The second-order valence-corrected chi connectivity index (χ2v) is 8.79. The molecule has 1 fully saturated rings. The van der Waals surface area contributed by atoms with Crippen molar-refractivity contribution < 1.29 is 8.42 Å². The fourth-order valence-corrected chi connectivity index (χ4v) is 3.85. The number of aromatic nitrogens is 1. The average molecular weight is 335 g/mol. The van der Waals surface area contributed by atoms with Crippen LogP contribution in [0, 0.1) is 0 Å². The summed E-state index contributed by atoms with van der Waals surface area (Å²) in [4.78, 5) is 5.72. The first kappa shape index (κ1) is 16.5. The van der Waals surface area contributed by atoms with E-state index in [2.05, 4.69) is 29.2 Å². The van der Waals surface area contributed by atoms with Crippen LogP contribution >= 0.6 is 0 Å². The highest BCUT2D eigenvalue weighted by atomic mass is 32.2. The van der Waals surface area contributed by atoms with Crippen molar-refractivity contribution in [1.82, 2.24) is 9.88 Å². The van der Waals surface area contributed by atoms with Crippen LogP contribution in [0.3, 0.4) is 0 Å². The molecule has 0 saturated carbocycles. The molecule has 2 aromatic rings. The predicted molar refractivity (Wildman–Crippen MR) is 94.0 cm³/mol. The lowest BCUT2D eigenvalue weighted by Gasteiger charge is -2.28. The highest BCUT2D eigenvalue weighted by Crippen LogP contribution is 2.33. The lowest BCUT2D eigenvalue weighted by atomic mass is 9.89. The number of nitrogens with zero attached hydrogens (tertiary/aromatic N) is 1. The van der Waals surface area contributed by atoms with E-state index in [1.165, 1.54) is 23.8 Å². The van der Waals surface area contributed by atoms with Crippen molar-refractivity contribution in [2.45, 2.75) is 37.4 Å². The molecule has 0 bridgehead atoms. The van der Waals surface area contributed by atoms with Crippen LogP contribution in [0.1, 0.15) is 36.8 Å². The Hall–Kier alpha value is -1.37. The summed E-state index contributed by atoms with van der Waals surface area (Å²) in [6, 6.07) is 6.15. The van der Waals surface area contributed by atoms with E-state index in [-0.39, 0.29) is 0 Å². The minimum Gasteiger partial charge on any atom is -0.361 e. The van der Waals surface area contributed by atoms with Gasteiger partial charge >= 0.3 is 0 Å². The van der Waals surface area contributed by atoms with E-state index in [0.29, 0.717) is 12.3 Å². The lowest BCUT2D eigenvalue weighted by molar-refractivity contribution is 0.256. The van der Waals surface area contributed by atoms with Crippen molar-refractivity contribution >= 4 is 20.9 Å². The summed E-state index contributed by atoms with van der Waals surface area (Å²) in [6.45, 7) is 3.91. The minimum absolute atomic E-state index is 0.451. The average Bonchev–Trinajstić information content (AvgIpc) is 2.90. The number of nitrogens with two attached hydrogens (primary N) is 1. The number of hydrogen-bond acceptors (Lipinski definition) is 3. The Morgan fingerprint density at radius 1 is 1.35 bits per heavy atom. The molecular formula is C17H25N3O2S. The van der Waals surface area contributed by atoms with Gasteiger partial charge in [-0.1, -0.05) is 6.07 Å². The Morgan fingerprint density at radius 2 is 2.04 bits per heavy atom. The van der Waals surface area contributed by atoms with E-state index in [4.69, 9.17) is 5.14 Å². The van der Waals surface area contributed by atoms with Gasteiger partial charge in [-0.05, 0) is 75.5 Å². The summed E-state index contributed by atoms with van der Waals surface area (Å²) in [6.07, 6.45) is 4.91. The van der Waals surface area contributed by atoms with Gasteiger partial charge in [0.05, 0.1) is 5.25 Å². The fourth-order valence-electron chi connectivity index (χ4n) is 3.42. The molecule has 1 saturated heterocycles. The zero-order chi connectivity index (χ0) is 16.6. The molecule has 126 valence electrons. The Bertz CT molecular complexity index is 789. The second kappa shape index (κ2) is 6.26. The van der Waals surface area contributed by atoms with Crippen LogP contribution in [0.25, 0.3) is 10.9 Å². The van der Waals surface area contributed by atoms with Crippen molar-refractivity contribution in [2.24, 2.45) is 5.14 Å². The number of rotatable bonds is 4. The molecule has 23 heavy (non-hydrogen) atoms. The van der Waals surface area contributed by atoms with E-state index in [0.717, 1.165) is 24.2 Å². The first-order chi connectivity index (χ1) is 10.8. The number of fused-ring (bicyclic) bond motifs is 1. The molecule has 0 radical (unpaired) electrons. The largest absolute Gasteiger partial charge is 0.361 e. The maximum Gasteiger partial charge on any atom is 0.212 e. The summed E-state index contributed by atoms with van der Waals surface area (Å²) < 4.78 is 22.9. The molecule has 1 atom stereocenters. The molecule has 0 spiro atoms. The zero-order valence-corrected chi connectivity index (χ0v) is 14.6. The predicted octanol–water partition coefficient (Wildman–Crippen LogP) is 2.20. The summed E-state index contributed by atoms with van der Waals surface area (Å²) in [7, 11) is -1.33. The molecule has 1 aliphatic heterocycles. The summed E-state index contributed by atoms with van der Waals surface area (Å²) in [5.74, 6) is 0.575. The van der Waals surface area contributed by atoms with E-state index in [1.807, 2.05) is 12.1 Å². The van der Waals surface area contributed by atoms with Crippen LogP contribution in [-0.4, -0.2) is 43.7 Å². The lowest BCUT2D eigenvalue weighted by Crippen LogP contribution is -2.29. The fraction of sp³-hybridized carbons (Fsp3) is 0.529. The van der Waals surface area contributed by atoms with Crippen LogP contribution in [-0.2, 0) is 16.4 Å². The third kappa shape index (κ3) is 3.59. The molecule has 0 amide bonds. The molecule has 1 aromatic heterocycles. The van der Waals surface area contributed by atoms with Crippen molar-refractivity contribution in [3.63, 3.8) is 0 Å². The SMILES string of the molecule is CC(Cc1ccc2[nH]cc(C3CCN(C)CC3)c2c1)S(N)(=O)=O. The van der Waals surface area contributed by atoms with Crippen LogP contribution in [0.2, 0.25) is 0 Å². The molecule has 1 aromatic carbocycles. The van der Waals surface area contributed by atoms with Gasteiger partial charge in [0.15, 0.2) is 0 Å². The number of likely N-dealkylation sites (tertiary alicyclic amines) is 1. The molecule has 2 heterocycles. The van der Waals surface area contributed by atoms with E-state index in [9.17, 15) is 8.42 Å². The van der Waals surface area contributed by atoms with Crippen LogP contribution in [0.15, 0.2) is 24.4 Å². The number of H-pyrrole nitrogens is 1. The zero-order valence-electron chi connectivity index (χ0n) is 13.7. The van der Waals surface area contributed by atoms with Crippen molar-refractivity contribution in [1.29, 1.82) is 0 Å². The third-order valence-corrected chi connectivity index (χ3v) is 6.31. The molecular weight excluding hydrogens is 310 g/mol. The summed E-state index contributed by atoms with van der Waals surface area (Å²) >= 11 is 0. The summed E-state index contributed by atoms with van der Waals surface area (Å²) in [5.41, 5.74) is 3.50. The smallest absolute Gasteiger partial charge is 0.212 e. The van der Waals surface area contributed by atoms with Crippen LogP contribution < -0.4 is 5.14 Å². The Labute approximate surface area is 137 Å². The molecule has 1 unspecified atom stereocenters. The van der Waals surface area contributed by atoms with Crippen molar-refractivity contribution in [3.8, 4) is 0 Å². The van der Waals surface area contributed by atoms with E-state index in [1.54, 1.807) is 6.92 Å². The molecule has 3 N–H and O–H groups in total. The van der Waals surface area contributed by atoms with Crippen LogP contribution in [0.5, 0.6) is 0 Å². The highest BCUT2D eigenvalue weighted by molar-refractivity contribution is 7.89. The number of aromatic amines is 1. The maximum atomic E-state index is 11.5. The monoisotopic (exact) mass is 335 g/mol. The van der Waals surface area contributed by atoms with E-state index >= 15 is 0 Å². The molecule has 1 aliphatic rings. The van der Waals surface area contributed by atoms with Gasteiger partial charge in [0.25, 0.3) is 0 Å². The number of primary sulfonamides is 1. The van der Waals surface area contributed by atoms with Gasteiger partial charge in [0.1, 0.15) is 0 Å². The van der Waals surface area contributed by atoms with Gasteiger partial charge < -0.3 is 9.88 Å². The Kier molecular flexibility index (Phi) is 4.49. The van der Waals surface area contributed by atoms with Gasteiger partial charge in [0.2, 0.25) is 10.0 Å². The maximum absolute atomic E-state index is 11.5. The standard InChI is InChI=1S/C17H25N3O2S/c1-12(23(18,21)22)9-13-3-4-17-15(10-13)16(11-19-17)14-5-7-20(2)8-6-14/h3-4,10-12,14,19H,5-9H2,1-2H3,(H2,18,21,22).